The summed E-state index contributed by atoms with van der Waals surface area (Å²) < 4.78 is 28.9. The van der Waals surface area contributed by atoms with Crippen LogP contribution < -0.4 is 18.9 Å². The summed E-state index contributed by atoms with van der Waals surface area (Å²) in [4.78, 5) is 17.3. The van der Waals surface area contributed by atoms with Gasteiger partial charge in [0.2, 0.25) is 0 Å². The van der Waals surface area contributed by atoms with E-state index < -0.39 is 12.2 Å². The van der Waals surface area contributed by atoms with Gasteiger partial charge in [0.25, 0.3) is 0 Å². The van der Waals surface area contributed by atoms with E-state index in [4.69, 9.17) is 30.5 Å². The zero-order valence-corrected chi connectivity index (χ0v) is 69.5. The Morgan fingerprint density at radius 3 is 1.07 bits per heavy atom. The normalized spacial score (nSPS) is 17.9. The van der Waals surface area contributed by atoms with Crippen LogP contribution in [0.3, 0.4) is 0 Å². The lowest BCUT2D eigenvalue weighted by Crippen LogP contribution is -2.31. The molecule has 0 radical (unpaired) electrons. The molecule has 0 amide bonds. The summed E-state index contributed by atoms with van der Waals surface area (Å²) in [5, 5.41) is 25.4. The Hall–Kier alpha value is -7.99. The van der Waals surface area contributed by atoms with Crippen LogP contribution in [0.1, 0.15) is 201 Å². The van der Waals surface area contributed by atoms with E-state index in [2.05, 4.69) is 241 Å². The van der Waals surface area contributed by atoms with Crippen LogP contribution in [0.5, 0.6) is 23.0 Å². The van der Waals surface area contributed by atoms with Crippen molar-refractivity contribution in [1.82, 2.24) is 29.4 Å². The van der Waals surface area contributed by atoms with Gasteiger partial charge in [-0.05, 0) is 307 Å². The minimum absolute atomic E-state index is 0.339. The van der Waals surface area contributed by atoms with E-state index in [0.29, 0.717) is 49.7 Å². The van der Waals surface area contributed by atoms with Gasteiger partial charge in [0.05, 0.1) is 25.4 Å². The van der Waals surface area contributed by atoms with E-state index in [9.17, 15) is 10.2 Å². The van der Waals surface area contributed by atoms with Gasteiger partial charge in [-0.1, -0.05) is 128 Å². The Kier molecular flexibility index (Phi) is 26.3. The number of aryl methyl sites for hydroxylation is 5. The zero-order chi connectivity index (χ0) is 76.2. The Morgan fingerprint density at radius 2 is 0.721 bits per heavy atom. The molecular weight excluding hydrogens is 1600 g/mol. The number of hydrogen-bond acceptors (Lipinski definition) is 7. The van der Waals surface area contributed by atoms with Crippen LogP contribution >= 0.6 is 59.4 Å². The molecule has 1 aliphatic heterocycles. The van der Waals surface area contributed by atoms with Crippen LogP contribution in [-0.4, -0.2) is 97.9 Å². The molecule has 1 saturated heterocycles. The molecule has 0 bridgehead atoms. The van der Waals surface area contributed by atoms with Crippen molar-refractivity contribution in [2.75, 3.05) is 46.1 Å². The molecule has 578 valence electrons. The number of aromatic nitrogens is 5. The molecule has 0 spiro atoms. The highest BCUT2D eigenvalue weighted by Gasteiger charge is 2.31. The molecule has 5 aromatic heterocycles. The molecule has 12 nitrogen and oxygen atoms in total. The third-order valence-electron chi connectivity index (χ3n) is 23.5. The maximum Gasteiger partial charge on any atom is 0.119 e. The van der Waals surface area contributed by atoms with E-state index in [1.165, 1.54) is 195 Å². The van der Waals surface area contributed by atoms with Crippen molar-refractivity contribution in [2.24, 2.45) is 0 Å². The van der Waals surface area contributed by atoms with E-state index >= 15 is 0 Å². The first-order valence-electron chi connectivity index (χ1n) is 40.7. The fourth-order valence-electron chi connectivity index (χ4n) is 17.5. The number of nitrogens with one attached hydrogen (secondary N) is 4. The second-order valence-electron chi connectivity index (χ2n) is 30.9. The molecule has 6 heterocycles. The SMILES string of the molecule is Brc1ccc2[nH]c3c(c2c1)CCCC3c1ccc(OCCCN2CCCCC2)cc1.Brc1ccc2[nH]c3c(c2c1)CCCC3c1ccc(OCCCn2cccc2)cc1.CCC(O)COc1ccc(C2CCCc3c2[nH]c2ccc(Br)cc32)cc1.CCC(O)COc1ccc(C2CCCc3c2[nH]c2ccc(Cl)cc32)cc1. The summed E-state index contributed by atoms with van der Waals surface area (Å²) in [6.07, 6.45) is 25.1. The second-order valence-corrected chi connectivity index (χ2v) is 34.0. The Labute approximate surface area is 683 Å². The van der Waals surface area contributed by atoms with Crippen LogP contribution in [0.25, 0.3) is 43.6 Å². The fraction of sp³-hybridized carbons (Fsp3) is 0.368. The first-order chi connectivity index (χ1) is 54.4. The van der Waals surface area contributed by atoms with Crippen molar-refractivity contribution < 1.29 is 29.2 Å². The van der Waals surface area contributed by atoms with Crippen molar-refractivity contribution in [3.8, 4) is 23.0 Å². The lowest BCUT2D eigenvalue weighted by molar-refractivity contribution is 0.104. The van der Waals surface area contributed by atoms with Crippen LogP contribution in [0, 0.1) is 0 Å². The summed E-state index contributed by atoms with van der Waals surface area (Å²) in [6.45, 7) is 10.8. The lowest BCUT2D eigenvalue weighted by Gasteiger charge is -2.26. The number of fused-ring (bicyclic) bond motifs is 12. The third-order valence-corrected chi connectivity index (χ3v) is 25.2. The number of benzene rings is 8. The van der Waals surface area contributed by atoms with Crippen molar-refractivity contribution >= 4 is 103 Å². The summed E-state index contributed by atoms with van der Waals surface area (Å²) in [5.74, 6) is 5.24. The number of aromatic amines is 4. The number of aliphatic hydroxyl groups excluding tert-OH is 2. The van der Waals surface area contributed by atoms with Gasteiger partial charge >= 0.3 is 0 Å². The maximum atomic E-state index is 9.64. The predicted octanol–water partition coefficient (Wildman–Crippen LogP) is 24.3. The fourth-order valence-corrected chi connectivity index (χ4v) is 18.8. The van der Waals surface area contributed by atoms with E-state index in [0.717, 1.165) is 106 Å². The van der Waals surface area contributed by atoms with Gasteiger partial charge in [0, 0.05) is 134 Å². The molecule has 18 rings (SSSR count). The third kappa shape index (κ3) is 19.1. The molecule has 8 aromatic carbocycles. The highest BCUT2D eigenvalue weighted by molar-refractivity contribution is 9.11. The Balaban J connectivity index is 0.000000118. The number of aliphatic hydroxyl groups is 2. The van der Waals surface area contributed by atoms with Gasteiger partial charge in [0.15, 0.2) is 0 Å². The second kappa shape index (κ2) is 37.3. The van der Waals surface area contributed by atoms with E-state index in [1.807, 2.05) is 44.2 Å². The number of ether oxygens (including phenoxy) is 4. The molecule has 6 unspecified atom stereocenters. The van der Waals surface area contributed by atoms with Gasteiger partial charge in [-0.3, -0.25) is 0 Å². The predicted molar refractivity (Wildman–Crippen MR) is 465 cm³/mol. The van der Waals surface area contributed by atoms with Crippen LogP contribution in [0.15, 0.2) is 208 Å². The molecule has 13 aromatic rings. The van der Waals surface area contributed by atoms with E-state index in [1.54, 1.807) is 0 Å². The van der Waals surface area contributed by atoms with Gasteiger partial charge in [-0.25, -0.2) is 0 Å². The largest absolute Gasteiger partial charge is 0.494 e. The number of piperidine rings is 1. The van der Waals surface area contributed by atoms with Crippen molar-refractivity contribution in [3.63, 3.8) is 0 Å². The summed E-state index contributed by atoms with van der Waals surface area (Å²) in [6, 6.07) is 64.0. The highest BCUT2D eigenvalue weighted by atomic mass is 79.9. The average molecular weight is 1700 g/mol. The molecule has 6 atom stereocenters. The van der Waals surface area contributed by atoms with Gasteiger partial charge in [-0.2, -0.15) is 0 Å². The first kappa shape index (κ1) is 78.3. The van der Waals surface area contributed by atoms with Crippen molar-refractivity contribution in [1.29, 1.82) is 0 Å². The quantitative estimate of drug-likeness (QED) is 0.0370. The highest BCUT2D eigenvalue weighted by Crippen LogP contribution is 2.46. The molecule has 16 heteroatoms. The number of hydrogen-bond donors (Lipinski definition) is 6. The van der Waals surface area contributed by atoms with Crippen LogP contribution in [0.4, 0.5) is 0 Å². The van der Waals surface area contributed by atoms with Crippen molar-refractivity contribution in [3.05, 3.63) is 280 Å². The average Bonchev–Trinajstić information content (AvgIpc) is 1.64. The van der Waals surface area contributed by atoms with E-state index in [-0.39, 0.29) is 0 Å². The number of halogens is 4. The van der Waals surface area contributed by atoms with Crippen LogP contribution in [-0.2, 0) is 32.2 Å². The molecular formula is C95H104Br3ClN6O6. The zero-order valence-electron chi connectivity index (χ0n) is 64.0. The van der Waals surface area contributed by atoms with Gasteiger partial charge < -0.3 is 58.6 Å². The molecule has 4 aliphatic carbocycles. The number of rotatable bonds is 22. The van der Waals surface area contributed by atoms with Crippen LogP contribution in [0.2, 0.25) is 5.02 Å². The molecule has 0 saturated carbocycles. The maximum absolute atomic E-state index is 9.64. The molecule has 1 fully saturated rings. The molecule has 111 heavy (non-hydrogen) atoms. The Morgan fingerprint density at radius 1 is 0.396 bits per heavy atom. The molecule has 5 aliphatic rings. The smallest absolute Gasteiger partial charge is 0.119 e. The minimum atomic E-state index is -0.409. The summed E-state index contributed by atoms with van der Waals surface area (Å²) in [5.41, 5.74) is 21.6. The summed E-state index contributed by atoms with van der Waals surface area (Å²) >= 11 is 17.1. The molecule has 6 N–H and O–H groups in total. The Bertz CT molecular complexity index is 5030. The first-order valence-corrected chi connectivity index (χ1v) is 43.4. The number of nitrogens with zero attached hydrogens (tertiary/aromatic N) is 2. The standard InChI is InChI=1S/C26H31BrN2O.C25H25BrN2O.C22H24BrNO2.C22H24ClNO2/c27-20-10-13-25-24(18-20)23-7-4-6-22(26(23)28-25)19-8-11-21(12-9-19)30-17-5-16-29-14-2-1-3-15-29;26-19-9-12-24-23(17-19)22-6-3-5-21(25(22)27-24)18-7-10-20(11-8-18)29-16-4-15-28-13-1-2-14-28;2*1-2-16(25)13-26-17-9-6-14(7-10-17)18-4-3-5-19-20-12-15(23)8-11-21(20)24-22(18)19/h8-13,18,22,28H,1-7,14-17H2;1-2,7-14,17,21,27H,3-6,15-16H2;2*6-12,16,18,24-25H,2-5,13H2,1H3. The topological polar surface area (TPSA) is 149 Å². The van der Waals surface area contributed by atoms with Gasteiger partial charge in [0.1, 0.15) is 36.2 Å². The lowest BCUT2D eigenvalue weighted by atomic mass is 9.82. The number of likely N-dealkylation sites (tertiary alicyclic amines) is 1. The van der Waals surface area contributed by atoms with Gasteiger partial charge in [-0.15, -0.1) is 0 Å². The number of H-pyrrole nitrogens is 4. The minimum Gasteiger partial charge on any atom is -0.494 e. The van der Waals surface area contributed by atoms with Crippen molar-refractivity contribution in [2.45, 2.75) is 178 Å². The summed E-state index contributed by atoms with van der Waals surface area (Å²) in [7, 11) is 0. The monoisotopic (exact) mass is 1700 g/mol.